The van der Waals surface area contributed by atoms with Crippen molar-refractivity contribution in [2.75, 3.05) is 7.11 Å². The maximum Gasteiger partial charge on any atom is 0.337 e. The van der Waals surface area contributed by atoms with Crippen LogP contribution in [0.15, 0.2) is 48.5 Å². The number of ether oxygens (including phenoxy) is 1. The fourth-order valence-electron chi connectivity index (χ4n) is 1.98. The number of methoxy groups -OCH3 is 1. The summed E-state index contributed by atoms with van der Waals surface area (Å²) in [5.74, 6) is -0.644. The number of aliphatic hydroxyl groups excluding tert-OH is 1. The Balaban J connectivity index is 2.59. The zero-order chi connectivity index (χ0) is 13.8. The number of hydrogen-bond donors (Lipinski definition) is 2. The summed E-state index contributed by atoms with van der Waals surface area (Å²) in [6.07, 6.45) is -1.55. The molecule has 0 fully saturated rings. The van der Waals surface area contributed by atoms with Gasteiger partial charge in [0.1, 0.15) is 5.75 Å². The molecule has 2 N–H and O–H groups in total. The Labute approximate surface area is 110 Å². The van der Waals surface area contributed by atoms with E-state index in [9.17, 15) is 9.90 Å². The van der Waals surface area contributed by atoms with Crippen LogP contribution in [0.25, 0.3) is 11.1 Å². The minimum Gasteiger partial charge on any atom is -0.496 e. The first-order valence-corrected chi connectivity index (χ1v) is 5.78. The number of benzene rings is 2. The summed E-state index contributed by atoms with van der Waals surface area (Å²) in [6.45, 7) is 0. The van der Waals surface area contributed by atoms with Gasteiger partial charge in [-0.3, -0.25) is 0 Å². The Hall–Kier alpha value is -2.33. The van der Waals surface area contributed by atoms with Gasteiger partial charge in [0.05, 0.1) is 7.11 Å². The van der Waals surface area contributed by atoms with Crippen molar-refractivity contribution in [3.05, 3.63) is 54.1 Å². The molecular formula is C15H14O4. The van der Waals surface area contributed by atoms with Gasteiger partial charge in [-0.1, -0.05) is 42.5 Å². The lowest BCUT2D eigenvalue weighted by Crippen LogP contribution is -2.11. The summed E-state index contributed by atoms with van der Waals surface area (Å²) < 4.78 is 5.27. The van der Waals surface area contributed by atoms with Gasteiger partial charge in [-0.25, -0.2) is 4.79 Å². The normalized spacial score (nSPS) is 11.9. The zero-order valence-corrected chi connectivity index (χ0v) is 10.4. The van der Waals surface area contributed by atoms with E-state index >= 15 is 0 Å². The van der Waals surface area contributed by atoms with E-state index in [-0.39, 0.29) is 0 Å². The second kappa shape index (κ2) is 5.54. The Morgan fingerprint density at radius 1 is 1.05 bits per heavy atom. The third kappa shape index (κ3) is 2.58. The van der Waals surface area contributed by atoms with Crippen molar-refractivity contribution in [2.45, 2.75) is 6.10 Å². The van der Waals surface area contributed by atoms with E-state index in [2.05, 4.69) is 0 Å². The number of carboxylic acid groups (broad SMARTS) is 1. The maximum atomic E-state index is 11.0. The van der Waals surface area contributed by atoms with E-state index in [1.54, 1.807) is 37.4 Å². The molecule has 2 aromatic rings. The van der Waals surface area contributed by atoms with Crippen LogP contribution in [0.5, 0.6) is 5.75 Å². The summed E-state index contributed by atoms with van der Waals surface area (Å²) in [5, 5.41) is 18.7. The van der Waals surface area contributed by atoms with Crippen LogP contribution in [0.1, 0.15) is 11.7 Å². The van der Waals surface area contributed by atoms with Crippen LogP contribution >= 0.6 is 0 Å². The molecule has 0 saturated heterocycles. The topological polar surface area (TPSA) is 66.8 Å². The quantitative estimate of drug-likeness (QED) is 0.884. The largest absolute Gasteiger partial charge is 0.496 e. The van der Waals surface area contributed by atoms with Crippen LogP contribution in [0.2, 0.25) is 0 Å². The average molecular weight is 258 g/mol. The Morgan fingerprint density at radius 2 is 1.63 bits per heavy atom. The van der Waals surface area contributed by atoms with Gasteiger partial charge in [-0.15, -0.1) is 0 Å². The van der Waals surface area contributed by atoms with E-state index in [1.165, 1.54) is 0 Å². The predicted molar refractivity (Wildman–Crippen MR) is 71.0 cm³/mol. The van der Waals surface area contributed by atoms with Gasteiger partial charge >= 0.3 is 5.97 Å². The van der Waals surface area contributed by atoms with Crippen molar-refractivity contribution >= 4 is 5.97 Å². The number of carboxylic acids is 1. The minimum absolute atomic E-state index is 0.347. The van der Waals surface area contributed by atoms with Gasteiger partial charge in [-0.2, -0.15) is 0 Å². The Morgan fingerprint density at radius 3 is 2.26 bits per heavy atom. The maximum absolute atomic E-state index is 11.0. The number of aliphatic carboxylic acids is 1. The first-order chi connectivity index (χ1) is 9.15. The molecule has 0 aliphatic carbocycles. The summed E-state index contributed by atoms with van der Waals surface area (Å²) >= 11 is 0. The molecule has 0 amide bonds. The van der Waals surface area contributed by atoms with Crippen LogP contribution in [0, 0.1) is 0 Å². The molecule has 98 valence electrons. The van der Waals surface area contributed by atoms with E-state index in [0.717, 1.165) is 5.56 Å². The molecule has 0 radical (unpaired) electrons. The van der Waals surface area contributed by atoms with Gasteiger partial charge in [0.25, 0.3) is 0 Å². The van der Waals surface area contributed by atoms with Gasteiger partial charge in [0, 0.05) is 5.56 Å². The van der Waals surface area contributed by atoms with Gasteiger partial charge in [-0.05, 0) is 17.2 Å². The van der Waals surface area contributed by atoms with Crippen molar-refractivity contribution < 1.29 is 19.7 Å². The highest BCUT2D eigenvalue weighted by Gasteiger charge is 2.20. The fourth-order valence-corrected chi connectivity index (χ4v) is 1.98. The first kappa shape index (κ1) is 13.1. The number of para-hydroxylation sites is 1. The molecule has 2 aromatic carbocycles. The predicted octanol–water partition coefficient (Wildman–Crippen LogP) is 2.48. The molecule has 0 bridgehead atoms. The van der Waals surface area contributed by atoms with Crippen LogP contribution in [0.4, 0.5) is 0 Å². The van der Waals surface area contributed by atoms with E-state index in [4.69, 9.17) is 9.84 Å². The van der Waals surface area contributed by atoms with Crippen LogP contribution in [0.3, 0.4) is 0 Å². The second-order valence-corrected chi connectivity index (χ2v) is 4.03. The Bertz CT molecular complexity index is 592. The molecule has 19 heavy (non-hydrogen) atoms. The smallest absolute Gasteiger partial charge is 0.337 e. The number of aliphatic hydroxyl groups is 1. The minimum atomic E-state index is -1.55. The van der Waals surface area contributed by atoms with Gasteiger partial charge in [0.2, 0.25) is 0 Å². The molecule has 0 aromatic heterocycles. The summed E-state index contributed by atoms with van der Waals surface area (Å²) in [6, 6.07) is 14.1. The first-order valence-electron chi connectivity index (χ1n) is 5.78. The van der Waals surface area contributed by atoms with Crippen molar-refractivity contribution in [3.8, 4) is 16.9 Å². The average Bonchev–Trinajstić information content (AvgIpc) is 2.46. The molecular weight excluding hydrogens is 244 g/mol. The van der Waals surface area contributed by atoms with Crippen molar-refractivity contribution in [3.63, 3.8) is 0 Å². The van der Waals surface area contributed by atoms with Crippen molar-refractivity contribution in [1.82, 2.24) is 0 Å². The molecule has 0 aliphatic heterocycles. The van der Waals surface area contributed by atoms with Crippen molar-refractivity contribution in [1.29, 1.82) is 0 Å². The summed E-state index contributed by atoms with van der Waals surface area (Å²) in [7, 11) is 1.55. The van der Waals surface area contributed by atoms with Gasteiger partial charge < -0.3 is 14.9 Å². The third-order valence-electron chi connectivity index (χ3n) is 2.89. The van der Waals surface area contributed by atoms with Crippen LogP contribution < -0.4 is 4.74 Å². The molecule has 1 atom stereocenters. The number of carbonyl (C=O) groups is 1. The number of hydrogen-bond acceptors (Lipinski definition) is 3. The molecule has 2 rings (SSSR count). The van der Waals surface area contributed by atoms with E-state index in [0.29, 0.717) is 16.9 Å². The molecule has 0 aliphatic rings. The highest BCUT2D eigenvalue weighted by molar-refractivity contribution is 5.81. The molecule has 4 nitrogen and oxygen atoms in total. The molecule has 0 saturated carbocycles. The molecule has 4 heteroatoms. The lowest BCUT2D eigenvalue weighted by atomic mass is 9.95. The Kier molecular flexibility index (Phi) is 3.82. The summed E-state index contributed by atoms with van der Waals surface area (Å²) in [4.78, 5) is 11.0. The lowest BCUT2D eigenvalue weighted by molar-refractivity contribution is -0.146. The standard InChI is InChI=1S/C15H14O4/c1-19-13-9-5-4-7-11(13)10-6-2-3-8-12(10)14(16)15(17)18/h2-9,14,16H,1H3,(H,17,18). The number of rotatable bonds is 4. The zero-order valence-electron chi connectivity index (χ0n) is 10.4. The SMILES string of the molecule is COc1ccccc1-c1ccccc1C(O)C(=O)O. The lowest BCUT2D eigenvalue weighted by Gasteiger charge is -2.14. The van der Waals surface area contributed by atoms with Crippen LogP contribution in [-0.2, 0) is 4.79 Å². The fraction of sp³-hybridized carbons (Fsp3) is 0.133. The van der Waals surface area contributed by atoms with Crippen LogP contribution in [-0.4, -0.2) is 23.3 Å². The van der Waals surface area contributed by atoms with Crippen molar-refractivity contribution in [2.24, 2.45) is 0 Å². The summed E-state index contributed by atoms with van der Waals surface area (Å²) in [5.41, 5.74) is 1.75. The highest BCUT2D eigenvalue weighted by atomic mass is 16.5. The molecule has 0 heterocycles. The molecule has 0 spiro atoms. The monoisotopic (exact) mass is 258 g/mol. The highest BCUT2D eigenvalue weighted by Crippen LogP contribution is 2.34. The van der Waals surface area contributed by atoms with E-state index < -0.39 is 12.1 Å². The second-order valence-electron chi connectivity index (χ2n) is 4.03. The third-order valence-corrected chi connectivity index (χ3v) is 2.89. The van der Waals surface area contributed by atoms with E-state index in [1.807, 2.05) is 18.2 Å². The van der Waals surface area contributed by atoms with Gasteiger partial charge in [0.15, 0.2) is 6.10 Å². The molecule has 1 unspecified atom stereocenters.